The average Bonchev–Trinajstić information content (AvgIpc) is 2.90. The van der Waals surface area contributed by atoms with Crippen LogP contribution in [0.2, 0.25) is 0 Å². The summed E-state index contributed by atoms with van der Waals surface area (Å²) in [4.78, 5) is 17.6. The summed E-state index contributed by atoms with van der Waals surface area (Å²) < 4.78 is 6.06. The van der Waals surface area contributed by atoms with E-state index in [9.17, 15) is 4.79 Å². The lowest BCUT2D eigenvalue weighted by atomic mass is 9.87. The first-order chi connectivity index (χ1) is 11.6. The van der Waals surface area contributed by atoms with E-state index in [-0.39, 0.29) is 5.78 Å². The Morgan fingerprint density at radius 3 is 2.08 bits per heavy atom. The number of nitrogens with zero attached hydrogens (tertiary/aromatic N) is 1. The minimum absolute atomic E-state index is 0.0493. The van der Waals surface area contributed by atoms with Crippen LogP contribution in [-0.4, -0.2) is 17.2 Å². The summed E-state index contributed by atoms with van der Waals surface area (Å²) in [5, 5.41) is 0. The molecule has 1 aliphatic heterocycles. The minimum atomic E-state index is -0.677. The van der Waals surface area contributed by atoms with Crippen molar-refractivity contribution in [3.8, 4) is 0 Å². The summed E-state index contributed by atoms with van der Waals surface area (Å²) in [6.45, 7) is 3.81. The summed E-state index contributed by atoms with van der Waals surface area (Å²) in [6, 6.07) is 19.5. The van der Waals surface area contributed by atoms with Crippen molar-refractivity contribution in [2.24, 2.45) is 4.99 Å². The number of allylic oxidation sites excluding steroid dienone is 3. The third kappa shape index (κ3) is 2.38. The Labute approximate surface area is 141 Å². The second-order valence-electron chi connectivity index (χ2n) is 6.37. The van der Waals surface area contributed by atoms with Crippen LogP contribution >= 0.6 is 0 Å². The van der Waals surface area contributed by atoms with Crippen molar-refractivity contribution in [2.45, 2.75) is 19.6 Å². The summed E-state index contributed by atoms with van der Waals surface area (Å²) in [7, 11) is 0. The molecular weight excluding hydrogens is 298 g/mol. The van der Waals surface area contributed by atoms with Crippen LogP contribution in [0.15, 0.2) is 77.5 Å². The van der Waals surface area contributed by atoms with Gasteiger partial charge in [-0.2, -0.15) is 0 Å². The first-order valence-electron chi connectivity index (χ1n) is 7.96. The van der Waals surface area contributed by atoms with Gasteiger partial charge >= 0.3 is 0 Å². The van der Waals surface area contributed by atoms with E-state index in [1.165, 1.54) is 0 Å². The Balaban J connectivity index is 1.92. The number of carbonyl (C=O) groups is 1. The number of fused-ring (bicyclic) bond motifs is 1. The van der Waals surface area contributed by atoms with Crippen molar-refractivity contribution in [3.63, 3.8) is 0 Å². The van der Waals surface area contributed by atoms with E-state index in [2.05, 4.69) is 0 Å². The number of hydrogen-bond acceptors (Lipinski definition) is 3. The highest BCUT2D eigenvalue weighted by Gasteiger charge is 2.39. The molecule has 0 unspecified atom stereocenters. The van der Waals surface area contributed by atoms with Gasteiger partial charge < -0.3 is 4.74 Å². The molecule has 0 N–H and O–H groups in total. The molecule has 24 heavy (non-hydrogen) atoms. The van der Waals surface area contributed by atoms with Crippen LogP contribution in [0.4, 0.5) is 0 Å². The molecule has 118 valence electrons. The SMILES string of the molecule is CC1(C)N=C2C(c3ccccc3)=CC(=O)C(c3ccccc3)=C2O1. The molecule has 2 aromatic rings. The Bertz CT molecular complexity index is 903. The van der Waals surface area contributed by atoms with E-state index in [1.54, 1.807) is 6.08 Å². The molecule has 4 rings (SSSR count). The van der Waals surface area contributed by atoms with Gasteiger partial charge in [-0.05, 0) is 31.1 Å². The van der Waals surface area contributed by atoms with E-state index < -0.39 is 5.72 Å². The van der Waals surface area contributed by atoms with Crippen molar-refractivity contribution in [1.82, 2.24) is 0 Å². The smallest absolute Gasteiger partial charge is 0.195 e. The first kappa shape index (κ1) is 14.6. The molecule has 0 saturated carbocycles. The van der Waals surface area contributed by atoms with Crippen molar-refractivity contribution in [2.75, 3.05) is 0 Å². The number of aliphatic imine (C=N–C) groups is 1. The molecule has 0 atom stereocenters. The normalized spacial score (nSPS) is 18.7. The van der Waals surface area contributed by atoms with E-state index >= 15 is 0 Å². The molecule has 0 saturated heterocycles. The molecule has 1 aliphatic carbocycles. The predicted molar refractivity (Wildman–Crippen MR) is 95.4 cm³/mol. The van der Waals surface area contributed by atoms with Crippen LogP contribution in [0.3, 0.4) is 0 Å². The van der Waals surface area contributed by atoms with Crippen molar-refractivity contribution in [1.29, 1.82) is 0 Å². The topological polar surface area (TPSA) is 38.7 Å². The maximum Gasteiger partial charge on any atom is 0.195 e. The maximum absolute atomic E-state index is 12.9. The van der Waals surface area contributed by atoms with E-state index in [0.717, 1.165) is 22.4 Å². The summed E-state index contributed by atoms with van der Waals surface area (Å²) in [5.74, 6) is 0.532. The van der Waals surface area contributed by atoms with Crippen molar-refractivity contribution >= 4 is 22.6 Å². The Kier molecular flexibility index (Phi) is 3.24. The fourth-order valence-corrected chi connectivity index (χ4v) is 3.09. The third-order valence-corrected chi connectivity index (χ3v) is 4.10. The highest BCUT2D eigenvalue weighted by molar-refractivity contribution is 6.47. The van der Waals surface area contributed by atoms with Gasteiger partial charge in [0.15, 0.2) is 17.3 Å². The van der Waals surface area contributed by atoms with Gasteiger partial charge in [0.25, 0.3) is 0 Å². The fraction of sp³-hybridized carbons (Fsp3) is 0.143. The second-order valence-corrected chi connectivity index (χ2v) is 6.37. The zero-order valence-electron chi connectivity index (χ0n) is 13.6. The monoisotopic (exact) mass is 315 g/mol. The molecule has 0 amide bonds. The minimum Gasteiger partial charge on any atom is -0.464 e. The van der Waals surface area contributed by atoms with Crippen LogP contribution in [0.1, 0.15) is 25.0 Å². The molecule has 0 aromatic heterocycles. The number of rotatable bonds is 2. The fourth-order valence-electron chi connectivity index (χ4n) is 3.09. The van der Waals surface area contributed by atoms with Gasteiger partial charge in [-0.15, -0.1) is 0 Å². The van der Waals surface area contributed by atoms with Crippen LogP contribution in [0.5, 0.6) is 0 Å². The lowest BCUT2D eigenvalue weighted by Gasteiger charge is -2.20. The second kappa shape index (κ2) is 5.31. The average molecular weight is 315 g/mol. The lowest BCUT2D eigenvalue weighted by Crippen LogP contribution is -2.18. The van der Waals surface area contributed by atoms with Crippen molar-refractivity contribution < 1.29 is 9.53 Å². The Hall–Kier alpha value is -2.94. The van der Waals surface area contributed by atoms with Gasteiger partial charge in [0.2, 0.25) is 0 Å². The standard InChI is InChI=1S/C21H17NO2/c1-21(2)22-19-16(14-9-5-3-6-10-14)13-17(23)18(20(19)24-21)15-11-7-4-8-12-15/h3-13H,1-2H3. The molecule has 1 heterocycles. The quantitative estimate of drug-likeness (QED) is 0.776. The number of benzene rings is 2. The van der Waals surface area contributed by atoms with Gasteiger partial charge in [-0.3, -0.25) is 4.79 Å². The summed E-state index contributed by atoms with van der Waals surface area (Å²) in [6.07, 6.45) is 1.67. The van der Waals surface area contributed by atoms with E-state index in [4.69, 9.17) is 9.73 Å². The summed E-state index contributed by atoms with van der Waals surface area (Å²) >= 11 is 0. The molecule has 2 aromatic carbocycles. The molecule has 0 fully saturated rings. The van der Waals surface area contributed by atoms with Crippen LogP contribution in [-0.2, 0) is 9.53 Å². The van der Waals surface area contributed by atoms with Gasteiger partial charge in [-0.25, -0.2) is 4.99 Å². The third-order valence-electron chi connectivity index (χ3n) is 4.10. The largest absolute Gasteiger partial charge is 0.464 e. The van der Waals surface area contributed by atoms with E-state index in [0.29, 0.717) is 11.3 Å². The van der Waals surface area contributed by atoms with Crippen LogP contribution < -0.4 is 0 Å². The molecular formula is C21H17NO2. The summed E-state index contributed by atoms with van der Waals surface area (Å²) in [5.41, 5.74) is 3.30. The Morgan fingerprint density at radius 2 is 1.46 bits per heavy atom. The maximum atomic E-state index is 12.9. The number of carbonyl (C=O) groups excluding carboxylic acids is 1. The molecule has 3 heteroatoms. The van der Waals surface area contributed by atoms with Crippen LogP contribution in [0, 0.1) is 0 Å². The van der Waals surface area contributed by atoms with Gasteiger partial charge in [0.1, 0.15) is 5.71 Å². The highest BCUT2D eigenvalue weighted by atomic mass is 16.5. The molecule has 0 radical (unpaired) electrons. The van der Waals surface area contributed by atoms with E-state index in [1.807, 2.05) is 74.5 Å². The molecule has 0 bridgehead atoms. The van der Waals surface area contributed by atoms with Gasteiger partial charge in [0, 0.05) is 5.57 Å². The Morgan fingerprint density at radius 1 is 0.875 bits per heavy atom. The zero-order chi connectivity index (χ0) is 16.7. The predicted octanol–water partition coefficient (Wildman–Crippen LogP) is 4.27. The zero-order valence-corrected chi connectivity index (χ0v) is 13.6. The lowest BCUT2D eigenvalue weighted by molar-refractivity contribution is -0.109. The highest BCUT2D eigenvalue weighted by Crippen LogP contribution is 2.40. The first-order valence-corrected chi connectivity index (χ1v) is 7.96. The molecule has 0 spiro atoms. The van der Waals surface area contributed by atoms with Crippen LogP contribution in [0.25, 0.3) is 11.1 Å². The number of ketones is 1. The molecule has 3 nitrogen and oxygen atoms in total. The van der Waals surface area contributed by atoms with Crippen molar-refractivity contribution in [3.05, 3.63) is 83.6 Å². The molecule has 2 aliphatic rings. The van der Waals surface area contributed by atoms with Gasteiger partial charge in [-0.1, -0.05) is 60.7 Å². The van der Waals surface area contributed by atoms with Gasteiger partial charge in [0.05, 0.1) is 5.57 Å². The number of hydrogen-bond donors (Lipinski definition) is 0. The number of ether oxygens (including phenoxy) is 1.